The fourth-order valence-electron chi connectivity index (χ4n) is 3.46. The number of amides is 1. The predicted molar refractivity (Wildman–Crippen MR) is 96.2 cm³/mol. The van der Waals surface area contributed by atoms with Gasteiger partial charge in [-0.25, -0.2) is 14.3 Å². The highest BCUT2D eigenvalue weighted by molar-refractivity contribution is 5.84. The highest BCUT2D eigenvalue weighted by atomic mass is 16.4. The van der Waals surface area contributed by atoms with Crippen LogP contribution in [-0.2, 0) is 29.1 Å². The largest absolute Gasteiger partial charge is 0.480 e. The lowest BCUT2D eigenvalue weighted by Crippen LogP contribution is -2.48. The van der Waals surface area contributed by atoms with Crippen LogP contribution in [0, 0.1) is 0 Å². The van der Waals surface area contributed by atoms with Crippen LogP contribution in [0.2, 0.25) is 0 Å². The summed E-state index contributed by atoms with van der Waals surface area (Å²) in [5.41, 5.74) is 2.08. The van der Waals surface area contributed by atoms with E-state index in [1.54, 1.807) is 24.4 Å². The average molecular weight is 366 g/mol. The van der Waals surface area contributed by atoms with Crippen molar-refractivity contribution in [3.05, 3.63) is 70.3 Å². The topological polar surface area (TPSA) is 96.9 Å². The Labute approximate surface area is 154 Å². The van der Waals surface area contributed by atoms with Gasteiger partial charge in [0, 0.05) is 25.6 Å². The molecular weight excluding hydrogens is 348 g/mol. The molecule has 3 aromatic rings. The van der Waals surface area contributed by atoms with Gasteiger partial charge in [0.1, 0.15) is 6.04 Å². The maximum absolute atomic E-state index is 12.7. The van der Waals surface area contributed by atoms with Crippen molar-refractivity contribution < 1.29 is 14.7 Å². The summed E-state index contributed by atoms with van der Waals surface area (Å²) in [7, 11) is 0. The Morgan fingerprint density at radius 3 is 2.59 bits per heavy atom. The van der Waals surface area contributed by atoms with Gasteiger partial charge in [-0.3, -0.25) is 9.20 Å². The van der Waals surface area contributed by atoms with Gasteiger partial charge in [-0.15, -0.1) is 5.10 Å². The van der Waals surface area contributed by atoms with Crippen LogP contribution in [0.4, 0.5) is 0 Å². The summed E-state index contributed by atoms with van der Waals surface area (Å²) in [6.07, 6.45) is 1.91. The smallest absolute Gasteiger partial charge is 0.350 e. The molecule has 0 aliphatic carbocycles. The zero-order valence-electron chi connectivity index (χ0n) is 14.5. The number of pyridine rings is 1. The molecule has 1 aromatic carbocycles. The second kappa shape index (κ2) is 6.71. The van der Waals surface area contributed by atoms with Crippen LogP contribution >= 0.6 is 0 Å². The second-order valence-corrected chi connectivity index (χ2v) is 6.53. The van der Waals surface area contributed by atoms with Crippen molar-refractivity contribution in [2.75, 3.05) is 0 Å². The Balaban J connectivity index is 1.53. The molecular formula is C19H18N4O4. The standard InChI is InChI=1S/C19H18N4O4/c24-17(8-10-23-19(27)21-9-4-3-7-16(21)20-23)22-12-14-6-2-1-5-13(14)11-15(22)18(25)26/h1-7,9,15H,8,10-12H2,(H,25,26)/t15-/m0/s1. The third-order valence-electron chi connectivity index (χ3n) is 4.88. The predicted octanol–water partition coefficient (Wildman–Crippen LogP) is 0.924. The first-order valence-corrected chi connectivity index (χ1v) is 8.68. The van der Waals surface area contributed by atoms with Crippen LogP contribution in [-0.4, -0.2) is 42.1 Å². The van der Waals surface area contributed by atoms with E-state index >= 15 is 0 Å². The second-order valence-electron chi connectivity index (χ2n) is 6.53. The van der Waals surface area contributed by atoms with Gasteiger partial charge in [-0.1, -0.05) is 30.3 Å². The maximum Gasteiger partial charge on any atom is 0.350 e. The molecule has 1 aliphatic rings. The Morgan fingerprint density at radius 1 is 1.11 bits per heavy atom. The van der Waals surface area contributed by atoms with Crippen LogP contribution in [0.3, 0.4) is 0 Å². The molecule has 4 rings (SSSR count). The van der Waals surface area contributed by atoms with Gasteiger partial charge in [0.25, 0.3) is 0 Å². The number of fused-ring (bicyclic) bond motifs is 2. The zero-order chi connectivity index (χ0) is 19.0. The summed E-state index contributed by atoms with van der Waals surface area (Å²) >= 11 is 0. The van der Waals surface area contributed by atoms with Crippen LogP contribution in [0.15, 0.2) is 53.5 Å². The summed E-state index contributed by atoms with van der Waals surface area (Å²) in [6.45, 7) is 0.357. The van der Waals surface area contributed by atoms with Crippen molar-refractivity contribution in [1.29, 1.82) is 0 Å². The number of hydrogen-bond donors (Lipinski definition) is 1. The van der Waals surface area contributed by atoms with Gasteiger partial charge in [0.2, 0.25) is 5.91 Å². The van der Waals surface area contributed by atoms with E-state index in [9.17, 15) is 19.5 Å². The quantitative estimate of drug-likeness (QED) is 0.741. The normalized spacial score (nSPS) is 16.3. The first-order valence-electron chi connectivity index (χ1n) is 8.68. The average Bonchev–Trinajstić information content (AvgIpc) is 3.01. The van der Waals surface area contributed by atoms with Crippen molar-refractivity contribution in [1.82, 2.24) is 19.1 Å². The fourth-order valence-corrected chi connectivity index (χ4v) is 3.46. The molecule has 0 saturated carbocycles. The fraction of sp³-hybridized carbons (Fsp3) is 0.263. The number of carbonyl (C=O) groups excluding carboxylic acids is 1. The molecule has 138 valence electrons. The lowest BCUT2D eigenvalue weighted by molar-refractivity contribution is -0.151. The molecule has 1 amide bonds. The van der Waals surface area contributed by atoms with E-state index in [4.69, 9.17) is 0 Å². The molecule has 0 fully saturated rings. The lowest BCUT2D eigenvalue weighted by Gasteiger charge is -2.34. The Bertz CT molecular complexity index is 1080. The summed E-state index contributed by atoms with van der Waals surface area (Å²) in [4.78, 5) is 38.1. The van der Waals surface area contributed by atoms with Crippen LogP contribution in [0.25, 0.3) is 5.65 Å². The number of aromatic nitrogens is 3. The molecule has 2 aromatic heterocycles. The lowest BCUT2D eigenvalue weighted by atomic mass is 9.93. The third-order valence-corrected chi connectivity index (χ3v) is 4.88. The van der Waals surface area contributed by atoms with Crippen LogP contribution in [0.5, 0.6) is 0 Å². The first kappa shape index (κ1) is 17.0. The molecule has 27 heavy (non-hydrogen) atoms. The molecule has 1 N–H and O–H groups in total. The number of benzene rings is 1. The van der Waals surface area contributed by atoms with Crippen molar-refractivity contribution in [3.63, 3.8) is 0 Å². The molecule has 1 atom stereocenters. The Morgan fingerprint density at radius 2 is 1.85 bits per heavy atom. The van der Waals surface area contributed by atoms with E-state index in [-0.39, 0.29) is 37.5 Å². The molecule has 8 nitrogen and oxygen atoms in total. The molecule has 0 bridgehead atoms. The molecule has 0 radical (unpaired) electrons. The number of aliphatic carboxylic acids is 1. The number of rotatable bonds is 4. The minimum Gasteiger partial charge on any atom is -0.480 e. The third kappa shape index (κ3) is 3.10. The van der Waals surface area contributed by atoms with Crippen LogP contribution < -0.4 is 5.69 Å². The molecule has 0 unspecified atom stereocenters. The molecule has 0 saturated heterocycles. The van der Waals surface area contributed by atoms with Gasteiger partial charge in [0.05, 0.1) is 6.54 Å². The summed E-state index contributed by atoms with van der Waals surface area (Å²) in [6, 6.07) is 11.9. The number of carboxylic acids is 1. The zero-order valence-corrected chi connectivity index (χ0v) is 14.5. The summed E-state index contributed by atoms with van der Waals surface area (Å²) in [5, 5.41) is 13.7. The highest BCUT2D eigenvalue weighted by Gasteiger charge is 2.34. The van der Waals surface area contributed by atoms with Crippen LogP contribution in [0.1, 0.15) is 17.5 Å². The summed E-state index contributed by atoms with van der Waals surface area (Å²) < 4.78 is 2.64. The van der Waals surface area contributed by atoms with E-state index < -0.39 is 12.0 Å². The number of aryl methyl sites for hydroxylation is 1. The van der Waals surface area contributed by atoms with Gasteiger partial charge < -0.3 is 10.0 Å². The van der Waals surface area contributed by atoms with E-state index in [0.29, 0.717) is 5.65 Å². The van der Waals surface area contributed by atoms with E-state index in [2.05, 4.69) is 5.10 Å². The van der Waals surface area contributed by atoms with E-state index in [1.165, 1.54) is 14.0 Å². The number of nitrogens with zero attached hydrogens (tertiary/aromatic N) is 4. The van der Waals surface area contributed by atoms with Gasteiger partial charge in [0.15, 0.2) is 5.65 Å². The monoisotopic (exact) mass is 366 g/mol. The van der Waals surface area contributed by atoms with Crippen molar-refractivity contribution >= 4 is 17.5 Å². The highest BCUT2D eigenvalue weighted by Crippen LogP contribution is 2.24. The molecule has 1 aliphatic heterocycles. The maximum atomic E-state index is 12.7. The number of carboxylic acid groups (broad SMARTS) is 1. The van der Waals surface area contributed by atoms with Gasteiger partial charge in [-0.05, 0) is 23.3 Å². The molecule has 0 spiro atoms. The van der Waals surface area contributed by atoms with Gasteiger partial charge >= 0.3 is 11.7 Å². The Hall–Kier alpha value is -3.42. The molecule has 8 heteroatoms. The van der Waals surface area contributed by atoms with Crippen molar-refractivity contribution in [3.8, 4) is 0 Å². The minimum atomic E-state index is -1.03. The Kier molecular flexibility index (Phi) is 4.23. The first-order chi connectivity index (χ1) is 13.0. The van der Waals surface area contributed by atoms with Crippen molar-refractivity contribution in [2.24, 2.45) is 0 Å². The van der Waals surface area contributed by atoms with E-state index in [1.807, 2.05) is 24.3 Å². The summed E-state index contributed by atoms with van der Waals surface area (Å²) in [5.74, 6) is -1.33. The molecule has 3 heterocycles. The minimum absolute atomic E-state index is 0.00966. The van der Waals surface area contributed by atoms with Crippen molar-refractivity contribution in [2.45, 2.75) is 32.0 Å². The van der Waals surface area contributed by atoms with Gasteiger partial charge in [-0.2, -0.15) is 0 Å². The van der Waals surface area contributed by atoms with E-state index in [0.717, 1.165) is 11.1 Å². The number of hydrogen-bond acceptors (Lipinski definition) is 4. The number of carbonyl (C=O) groups is 2. The SMILES string of the molecule is O=C(O)[C@@H]1Cc2ccccc2CN1C(=O)CCn1nc2ccccn2c1=O.